The molecule has 1 heterocycles. The second-order valence-electron chi connectivity index (χ2n) is 7.01. The monoisotopic (exact) mass is 410 g/mol. The molecule has 2 rings (SSSR count). The third-order valence-corrected chi connectivity index (χ3v) is 5.37. The highest BCUT2D eigenvalue weighted by atomic mass is 79.9. The van der Waals surface area contributed by atoms with Gasteiger partial charge in [-0.3, -0.25) is 0 Å². The van der Waals surface area contributed by atoms with Crippen LogP contribution in [0.15, 0.2) is 47.1 Å². The smallest absolute Gasteiger partial charge is 0.398 e. The summed E-state index contributed by atoms with van der Waals surface area (Å²) in [5, 5.41) is 0. The van der Waals surface area contributed by atoms with Crippen LogP contribution >= 0.6 is 15.9 Å². The molecule has 3 nitrogen and oxygen atoms in total. The zero-order valence-corrected chi connectivity index (χ0v) is 16.9. The highest BCUT2D eigenvalue weighted by molar-refractivity contribution is 9.10. The Bertz CT molecular complexity index is 642. The van der Waals surface area contributed by atoms with Crippen molar-refractivity contribution in [1.29, 1.82) is 0 Å². The molecule has 1 aliphatic heterocycles. The van der Waals surface area contributed by atoms with Gasteiger partial charge in [-0.1, -0.05) is 40.2 Å². The van der Waals surface area contributed by atoms with E-state index in [1.807, 2.05) is 52.0 Å². The molecular weight excluding hydrogens is 386 g/mol. The maximum Gasteiger partial charge on any atom is 0.525 e. The van der Waals surface area contributed by atoms with Crippen LogP contribution in [0.3, 0.4) is 0 Å². The van der Waals surface area contributed by atoms with Gasteiger partial charge in [-0.05, 0) is 51.3 Å². The van der Waals surface area contributed by atoms with Crippen LogP contribution in [0, 0.1) is 0 Å². The Morgan fingerprint density at radius 2 is 1.84 bits per heavy atom. The Morgan fingerprint density at radius 3 is 2.40 bits per heavy atom. The van der Waals surface area contributed by atoms with Crippen molar-refractivity contribution in [3.05, 3.63) is 52.7 Å². The Hall–Kier alpha value is -0.945. The molecule has 25 heavy (non-hydrogen) atoms. The van der Waals surface area contributed by atoms with E-state index in [1.54, 1.807) is 6.08 Å². The Morgan fingerprint density at radius 1 is 1.24 bits per heavy atom. The van der Waals surface area contributed by atoms with Crippen molar-refractivity contribution in [2.75, 3.05) is 13.2 Å². The standard InChI is InChI=1S/C19H25BBrFO3/c1-6-12-23-13-11-15(14-9-7-8-10-16(14)21)17(22)20-24-18(2,3)19(4,5)25-20/h6-10H,1,11-13H2,2-5H3. The zero-order valence-electron chi connectivity index (χ0n) is 15.3. The third kappa shape index (κ3) is 4.62. The van der Waals surface area contributed by atoms with Gasteiger partial charge in [0.2, 0.25) is 0 Å². The lowest BCUT2D eigenvalue weighted by atomic mass is 9.82. The van der Waals surface area contributed by atoms with E-state index in [0.29, 0.717) is 25.2 Å². The zero-order chi connectivity index (χ0) is 18.7. The molecule has 1 aromatic rings. The van der Waals surface area contributed by atoms with Gasteiger partial charge in [-0.25, -0.2) is 4.39 Å². The maximum atomic E-state index is 15.4. The topological polar surface area (TPSA) is 27.7 Å². The van der Waals surface area contributed by atoms with E-state index in [4.69, 9.17) is 14.0 Å². The van der Waals surface area contributed by atoms with Crippen LogP contribution in [0.1, 0.15) is 39.7 Å². The van der Waals surface area contributed by atoms with Gasteiger partial charge in [-0.2, -0.15) is 0 Å². The van der Waals surface area contributed by atoms with E-state index in [2.05, 4.69) is 22.5 Å². The Kier molecular flexibility index (Phi) is 6.65. The normalized spacial score (nSPS) is 19.7. The molecule has 0 spiro atoms. The van der Waals surface area contributed by atoms with Crippen LogP contribution in [0.25, 0.3) is 5.57 Å². The van der Waals surface area contributed by atoms with Crippen LogP contribution in [0.2, 0.25) is 0 Å². The minimum absolute atomic E-state index is 0.385. The summed E-state index contributed by atoms with van der Waals surface area (Å²) < 4.78 is 33.4. The summed E-state index contributed by atoms with van der Waals surface area (Å²) in [6, 6.07) is 7.53. The van der Waals surface area contributed by atoms with Crippen molar-refractivity contribution in [1.82, 2.24) is 0 Å². The number of benzene rings is 1. The summed E-state index contributed by atoms with van der Waals surface area (Å²) in [4.78, 5) is 0. The van der Waals surface area contributed by atoms with E-state index in [-0.39, 0.29) is 0 Å². The van der Waals surface area contributed by atoms with Gasteiger partial charge in [0, 0.05) is 4.47 Å². The van der Waals surface area contributed by atoms with Crippen LogP contribution < -0.4 is 0 Å². The lowest BCUT2D eigenvalue weighted by Crippen LogP contribution is -2.41. The highest BCUT2D eigenvalue weighted by Crippen LogP contribution is 2.41. The summed E-state index contributed by atoms with van der Waals surface area (Å²) in [5.74, 6) is 0. The van der Waals surface area contributed by atoms with E-state index < -0.39 is 24.0 Å². The molecule has 0 N–H and O–H groups in total. The fourth-order valence-corrected chi connectivity index (χ4v) is 3.04. The lowest BCUT2D eigenvalue weighted by Gasteiger charge is -2.32. The van der Waals surface area contributed by atoms with E-state index in [1.165, 1.54) is 0 Å². The molecule has 0 saturated carbocycles. The van der Waals surface area contributed by atoms with Gasteiger partial charge in [-0.15, -0.1) is 6.58 Å². The summed E-state index contributed by atoms with van der Waals surface area (Å²) in [5.41, 5.74) is -0.291. The molecule has 1 aliphatic rings. The number of rotatable bonds is 7. The molecule has 0 aliphatic carbocycles. The summed E-state index contributed by atoms with van der Waals surface area (Å²) in [7, 11) is -1.02. The quantitative estimate of drug-likeness (QED) is 0.344. The van der Waals surface area contributed by atoms with Crippen molar-refractivity contribution in [2.24, 2.45) is 0 Å². The van der Waals surface area contributed by atoms with Crippen LogP contribution in [0.4, 0.5) is 4.39 Å². The Balaban J connectivity index is 2.34. The number of ether oxygens (including phenoxy) is 1. The number of hydrogen-bond donors (Lipinski definition) is 0. The Labute approximate surface area is 158 Å². The van der Waals surface area contributed by atoms with Gasteiger partial charge >= 0.3 is 7.12 Å². The first-order chi connectivity index (χ1) is 11.7. The van der Waals surface area contributed by atoms with E-state index in [9.17, 15) is 0 Å². The predicted molar refractivity (Wildman–Crippen MR) is 104 cm³/mol. The largest absolute Gasteiger partial charge is 0.525 e. The molecule has 0 amide bonds. The first-order valence-electron chi connectivity index (χ1n) is 8.37. The third-order valence-electron chi connectivity index (χ3n) is 4.68. The maximum absolute atomic E-state index is 15.4. The molecule has 0 atom stereocenters. The molecule has 1 fully saturated rings. The van der Waals surface area contributed by atoms with Crippen LogP contribution in [-0.4, -0.2) is 31.5 Å². The average molecular weight is 411 g/mol. The molecule has 6 heteroatoms. The fourth-order valence-electron chi connectivity index (χ4n) is 2.52. The lowest BCUT2D eigenvalue weighted by molar-refractivity contribution is 0.00578. The second-order valence-corrected chi connectivity index (χ2v) is 7.86. The molecular formula is C19H25BBrFO3. The molecule has 1 saturated heterocycles. The fraction of sp³-hybridized carbons (Fsp3) is 0.474. The molecule has 0 aromatic heterocycles. The average Bonchev–Trinajstić information content (AvgIpc) is 2.76. The van der Waals surface area contributed by atoms with Gasteiger partial charge in [0.1, 0.15) is 5.73 Å². The first-order valence-corrected chi connectivity index (χ1v) is 9.16. The summed E-state index contributed by atoms with van der Waals surface area (Å²) in [6.45, 7) is 12.1. The minimum Gasteiger partial charge on any atom is -0.398 e. The summed E-state index contributed by atoms with van der Waals surface area (Å²) >= 11 is 3.50. The molecule has 136 valence electrons. The van der Waals surface area contributed by atoms with Crippen molar-refractivity contribution < 1.29 is 18.4 Å². The SMILES string of the molecule is C=CCOCCC(=C(F)B1OC(C)(C)C(C)(C)O1)c1ccccc1Br. The van der Waals surface area contributed by atoms with Crippen LogP contribution in [0.5, 0.6) is 0 Å². The van der Waals surface area contributed by atoms with Crippen molar-refractivity contribution >= 4 is 28.6 Å². The van der Waals surface area contributed by atoms with Crippen molar-refractivity contribution in [3.63, 3.8) is 0 Å². The first kappa shape index (κ1) is 20.4. The second kappa shape index (κ2) is 8.17. The van der Waals surface area contributed by atoms with Gasteiger partial charge < -0.3 is 14.0 Å². The van der Waals surface area contributed by atoms with Crippen molar-refractivity contribution in [2.45, 2.75) is 45.3 Å². The van der Waals surface area contributed by atoms with Gasteiger partial charge in [0.15, 0.2) is 0 Å². The van der Waals surface area contributed by atoms with E-state index in [0.717, 1.165) is 10.0 Å². The molecule has 1 aromatic carbocycles. The van der Waals surface area contributed by atoms with Gasteiger partial charge in [0.25, 0.3) is 0 Å². The summed E-state index contributed by atoms with van der Waals surface area (Å²) in [6.07, 6.45) is 2.08. The molecule has 0 radical (unpaired) electrons. The molecule has 0 unspecified atom stereocenters. The van der Waals surface area contributed by atoms with Crippen molar-refractivity contribution in [3.8, 4) is 0 Å². The number of hydrogen-bond acceptors (Lipinski definition) is 3. The van der Waals surface area contributed by atoms with Gasteiger partial charge in [0.05, 0.1) is 24.4 Å². The van der Waals surface area contributed by atoms with E-state index >= 15 is 4.39 Å². The molecule has 0 bridgehead atoms. The predicted octanol–water partition coefficient (Wildman–Crippen LogP) is 5.35. The number of halogens is 2. The highest BCUT2D eigenvalue weighted by Gasteiger charge is 2.53. The minimum atomic E-state index is -1.02. The van der Waals surface area contributed by atoms with Crippen LogP contribution in [-0.2, 0) is 14.0 Å².